The summed E-state index contributed by atoms with van der Waals surface area (Å²) in [5.74, 6) is 2.36. The number of benzene rings is 3. The van der Waals surface area contributed by atoms with E-state index in [1.807, 2.05) is 69.3 Å². The topological polar surface area (TPSA) is 90.3 Å². The molecule has 0 bridgehead atoms. The zero-order valence-electron chi connectivity index (χ0n) is 24.3. The second-order valence-electron chi connectivity index (χ2n) is 10.0. The molecule has 8 nitrogen and oxygen atoms in total. The Bertz CT molecular complexity index is 1650. The van der Waals surface area contributed by atoms with Crippen molar-refractivity contribution in [1.29, 1.82) is 0 Å². The van der Waals surface area contributed by atoms with E-state index in [0.29, 0.717) is 47.1 Å². The number of nitrogens with zero attached hydrogens (tertiary/aromatic N) is 3. The summed E-state index contributed by atoms with van der Waals surface area (Å²) >= 11 is 5.29. The Balaban J connectivity index is 1.57. The smallest absolute Gasteiger partial charge is 0.255 e. The van der Waals surface area contributed by atoms with Gasteiger partial charge in [0.1, 0.15) is 12.6 Å². The van der Waals surface area contributed by atoms with Crippen molar-refractivity contribution in [2.75, 3.05) is 23.0 Å². The predicted molar refractivity (Wildman–Crippen MR) is 172 cm³/mol. The quantitative estimate of drug-likeness (QED) is 0.171. The highest BCUT2D eigenvalue weighted by Gasteiger charge is 2.35. The fraction of sp³-hybridized carbons (Fsp3) is 0.281. The average molecular weight is 649 g/mol. The van der Waals surface area contributed by atoms with Gasteiger partial charge in [-0.25, -0.2) is 4.68 Å². The molecule has 1 aromatic heterocycles. The van der Waals surface area contributed by atoms with Crippen molar-refractivity contribution in [2.45, 2.75) is 52.4 Å². The van der Waals surface area contributed by atoms with Crippen LogP contribution >= 0.6 is 27.7 Å². The highest BCUT2D eigenvalue weighted by Crippen LogP contribution is 2.43. The maximum Gasteiger partial charge on any atom is 0.255 e. The number of hydrogen-bond acceptors (Lipinski definition) is 7. The number of fused-ring (bicyclic) bond motifs is 1. The normalized spacial score (nSPS) is 14.3. The minimum Gasteiger partial charge on any atom is -0.490 e. The van der Waals surface area contributed by atoms with Crippen molar-refractivity contribution in [3.63, 3.8) is 0 Å². The molecule has 2 heterocycles. The summed E-state index contributed by atoms with van der Waals surface area (Å²) in [7, 11) is 0. The third kappa shape index (κ3) is 6.50. The summed E-state index contributed by atoms with van der Waals surface area (Å²) in [6.45, 7) is 10.8. The van der Waals surface area contributed by atoms with Crippen molar-refractivity contribution in [3.05, 3.63) is 98.7 Å². The standard InChI is InChI=1S/C32H34BrN5O3S/c1-6-40-26-17-23(16-25(33)29(26)41-18-22-12-8-10-19(3)14-22)28-27(30(39)35-24-13-9-11-20(4)15-24)21(5)34-31-36-32(42-7-2)37-38(28)31/h8-17,28H,6-7,18H2,1-5H3,(H,35,39)(H,34,36,37). The van der Waals surface area contributed by atoms with Crippen LogP contribution in [0.3, 0.4) is 0 Å². The van der Waals surface area contributed by atoms with E-state index in [0.717, 1.165) is 32.6 Å². The maximum absolute atomic E-state index is 13.9. The number of aromatic nitrogens is 3. The highest BCUT2D eigenvalue weighted by atomic mass is 79.9. The number of halogens is 1. The molecule has 0 fully saturated rings. The first-order chi connectivity index (χ1) is 20.3. The molecule has 4 aromatic rings. The Morgan fingerprint density at radius 2 is 1.81 bits per heavy atom. The third-order valence-electron chi connectivity index (χ3n) is 6.74. The number of carbonyl (C=O) groups is 1. The van der Waals surface area contributed by atoms with Gasteiger partial charge in [0, 0.05) is 11.4 Å². The van der Waals surface area contributed by atoms with Crippen LogP contribution in [0.15, 0.2) is 81.6 Å². The lowest BCUT2D eigenvalue weighted by molar-refractivity contribution is -0.113. The lowest BCUT2D eigenvalue weighted by Crippen LogP contribution is -2.31. The second-order valence-corrected chi connectivity index (χ2v) is 12.1. The molecule has 0 aliphatic carbocycles. The molecule has 0 saturated heterocycles. The number of ether oxygens (including phenoxy) is 2. The van der Waals surface area contributed by atoms with Crippen LogP contribution in [0.1, 0.15) is 49.1 Å². The Labute approximate surface area is 259 Å². The van der Waals surface area contributed by atoms with E-state index in [2.05, 4.69) is 52.5 Å². The van der Waals surface area contributed by atoms with Gasteiger partial charge in [0.2, 0.25) is 11.1 Å². The average Bonchev–Trinajstić information content (AvgIpc) is 3.34. The first-order valence-corrected chi connectivity index (χ1v) is 15.6. The Hall–Kier alpha value is -3.76. The Morgan fingerprint density at radius 1 is 1.05 bits per heavy atom. The van der Waals surface area contributed by atoms with Crippen molar-refractivity contribution in [1.82, 2.24) is 14.8 Å². The minimum absolute atomic E-state index is 0.227. The number of carbonyl (C=O) groups excluding carboxylic acids is 1. The number of allylic oxidation sites excluding steroid dienone is 1. The SMILES string of the molecule is CCOc1cc(C2C(C(=O)Nc3cccc(C)c3)=C(C)Nc3nc(SCC)nn32)cc(Br)c1OCc1cccc(C)c1. The maximum atomic E-state index is 13.9. The molecule has 1 aliphatic rings. The molecule has 0 spiro atoms. The fourth-order valence-electron chi connectivity index (χ4n) is 4.95. The zero-order chi connectivity index (χ0) is 29.8. The molecule has 1 amide bonds. The van der Waals surface area contributed by atoms with Gasteiger partial charge in [-0.2, -0.15) is 4.98 Å². The number of nitrogens with one attached hydrogen (secondary N) is 2. The first kappa shape index (κ1) is 29.7. The van der Waals surface area contributed by atoms with Crippen molar-refractivity contribution in [2.24, 2.45) is 0 Å². The van der Waals surface area contributed by atoms with Crippen LogP contribution in [0, 0.1) is 13.8 Å². The Morgan fingerprint density at radius 3 is 2.52 bits per heavy atom. The van der Waals surface area contributed by atoms with Gasteiger partial charge in [0.15, 0.2) is 11.5 Å². The second kappa shape index (κ2) is 13.0. The summed E-state index contributed by atoms with van der Waals surface area (Å²) in [4.78, 5) is 18.6. The van der Waals surface area contributed by atoms with Crippen molar-refractivity contribution < 1.29 is 14.3 Å². The van der Waals surface area contributed by atoms with Gasteiger partial charge in [-0.05, 0) is 90.3 Å². The molecule has 0 radical (unpaired) electrons. The lowest BCUT2D eigenvalue weighted by Gasteiger charge is -2.29. The van der Waals surface area contributed by atoms with Crippen LogP contribution in [0.2, 0.25) is 0 Å². The molecular weight excluding hydrogens is 614 g/mol. The summed E-state index contributed by atoms with van der Waals surface area (Å²) in [5, 5.41) is 11.8. The summed E-state index contributed by atoms with van der Waals surface area (Å²) in [5.41, 5.74) is 6.06. The predicted octanol–water partition coefficient (Wildman–Crippen LogP) is 7.67. The highest BCUT2D eigenvalue weighted by molar-refractivity contribution is 9.10. The molecule has 3 aromatic carbocycles. The van der Waals surface area contributed by atoms with E-state index in [1.54, 1.807) is 16.4 Å². The van der Waals surface area contributed by atoms with Crippen LogP contribution in [0.5, 0.6) is 11.5 Å². The minimum atomic E-state index is -0.564. The molecule has 1 aliphatic heterocycles. The van der Waals surface area contributed by atoms with E-state index < -0.39 is 6.04 Å². The number of thioether (sulfide) groups is 1. The van der Waals surface area contributed by atoms with E-state index in [9.17, 15) is 4.79 Å². The number of amides is 1. The van der Waals surface area contributed by atoms with Gasteiger partial charge in [-0.3, -0.25) is 4.79 Å². The fourth-order valence-corrected chi connectivity index (χ4v) is 6.08. The molecule has 1 atom stereocenters. The zero-order valence-corrected chi connectivity index (χ0v) is 26.7. The first-order valence-electron chi connectivity index (χ1n) is 13.9. The van der Waals surface area contributed by atoms with Crippen molar-refractivity contribution in [3.8, 4) is 11.5 Å². The van der Waals surface area contributed by atoms with Crippen LogP contribution in [-0.4, -0.2) is 33.0 Å². The van der Waals surface area contributed by atoms with Gasteiger partial charge in [0.25, 0.3) is 5.91 Å². The third-order valence-corrected chi connectivity index (χ3v) is 8.05. The van der Waals surface area contributed by atoms with E-state index in [-0.39, 0.29) is 5.91 Å². The summed E-state index contributed by atoms with van der Waals surface area (Å²) in [6.07, 6.45) is 0. The molecule has 2 N–H and O–H groups in total. The number of rotatable bonds is 10. The Kier molecular flexibility index (Phi) is 9.23. The molecule has 5 rings (SSSR count). The molecule has 0 saturated carbocycles. The summed E-state index contributed by atoms with van der Waals surface area (Å²) < 4.78 is 14.9. The molecule has 10 heteroatoms. The van der Waals surface area contributed by atoms with Gasteiger partial charge in [0.05, 0.1) is 16.7 Å². The number of aryl methyl sites for hydroxylation is 2. The van der Waals surface area contributed by atoms with Crippen LogP contribution in [-0.2, 0) is 11.4 Å². The largest absolute Gasteiger partial charge is 0.490 e. The molecule has 42 heavy (non-hydrogen) atoms. The number of anilines is 2. The van der Waals surface area contributed by atoms with Gasteiger partial charge < -0.3 is 20.1 Å². The summed E-state index contributed by atoms with van der Waals surface area (Å²) in [6, 6.07) is 19.3. The van der Waals surface area contributed by atoms with Gasteiger partial charge in [-0.1, -0.05) is 60.6 Å². The molecule has 1 unspecified atom stereocenters. The van der Waals surface area contributed by atoms with Crippen LogP contribution < -0.4 is 20.1 Å². The van der Waals surface area contributed by atoms with E-state index >= 15 is 0 Å². The number of hydrogen-bond donors (Lipinski definition) is 2. The van der Waals surface area contributed by atoms with E-state index in [4.69, 9.17) is 19.6 Å². The van der Waals surface area contributed by atoms with Crippen molar-refractivity contribution >= 4 is 45.2 Å². The van der Waals surface area contributed by atoms with Crippen LogP contribution in [0.4, 0.5) is 11.6 Å². The van der Waals surface area contributed by atoms with Crippen LogP contribution in [0.25, 0.3) is 0 Å². The van der Waals surface area contributed by atoms with E-state index in [1.165, 1.54) is 5.56 Å². The monoisotopic (exact) mass is 647 g/mol. The molecular formula is C32H34BrN5O3S. The molecule has 218 valence electrons. The van der Waals surface area contributed by atoms with Gasteiger partial charge >= 0.3 is 0 Å². The van der Waals surface area contributed by atoms with Gasteiger partial charge in [-0.15, -0.1) is 5.10 Å². The lowest BCUT2D eigenvalue weighted by atomic mass is 9.94.